The van der Waals surface area contributed by atoms with Crippen LogP contribution >= 0.6 is 0 Å². The first-order valence-corrected chi connectivity index (χ1v) is 7.80. The molecule has 2 aliphatic rings. The summed E-state index contributed by atoms with van der Waals surface area (Å²) in [4.78, 5) is 3.49. The third-order valence-corrected chi connectivity index (χ3v) is 6.33. The van der Waals surface area contributed by atoms with Crippen molar-refractivity contribution >= 4 is 10.9 Å². The molecule has 0 radical (unpaired) electrons. The van der Waals surface area contributed by atoms with Crippen LogP contribution in [-0.4, -0.2) is 4.98 Å². The van der Waals surface area contributed by atoms with Gasteiger partial charge in [0, 0.05) is 22.5 Å². The van der Waals surface area contributed by atoms with Gasteiger partial charge in [0.05, 0.1) is 0 Å². The molecule has 1 aromatic carbocycles. The smallest absolute Gasteiger partial charge is 0.0457 e. The quantitative estimate of drug-likeness (QED) is 0.790. The first-order chi connectivity index (χ1) is 9.23. The highest BCUT2D eigenvalue weighted by molar-refractivity contribution is 5.85. The molecule has 3 atom stereocenters. The van der Waals surface area contributed by atoms with Crippen molar-refractivity contribution < 1.29 is 0 Å². The molecule has 2 aromatic rings. The van der Waals surface area contributed by atoms with E-state index in [1.807, 2.05) is 0 Å². The monoisotopic (exact) mass is 253 g/mol. The Balaban J connectivity index is 1.85. The summed E-state index contributed by atoms with van der Waals surface area (Å²) in [6.45, 7) is 4.83. The second-order valence-corrected chi connectivity index (χ2v) is 6.83. The molecule has 0 spiro atoms. The van der Waals surface area contributed by atoms with Crippen LogP contribution in [0.25, 0.3) is 10.9 Å². The maximum atomic E-state index is 3.49. The van der Waals surface area contributed by atoms with Gasteiger partial charge in [0.25, 0.3) is 0 Å². The van der Waals surface area contributed by atoms with Crippen LogP contribution in [-0.2, 0) is 5.41 Å². The molecule has 0 amide bonds. The average molecular weight is 253 g/mol. The highest BCUT2D eigenvalue weighted by Crippen LogP contribution is 2.77. The van der Waals surface area contributed by atoms with Gasteiger partial charge in [-0.25, -0.2) is 0 Å². The highest BCUT2D eigenvalue weighted by atomic mass is 14.8. The topological polar surface area (TPSA) is 15.8 Å². The van der Waals surface area contributed by atoms with Gasteiger partial charge in [-0.2, -0.15) is 0 Å². The van der Waals surface area contributed by atoms with E-state index in [2.05, 4.69) is 49.3 Å². The Labute approximate surface area is 115 Å². The maximum Gasteiger partial charge on any atom is 0.0457 e. The Morgan fingerprint density at radius 1 is 1.26 bits per heavy atom. The van der Waals surface area contributed by atoms with E-state index in [4.69, 9.17) is 0 Å². The molecule has 1 heteroatoms. The third kappa shape index (κ3) is 1.26. The van der Waals surface area contributed by atoms with Crippen LogP contribution in [0.2, 0.25) is 0 Å². The minimum absolute atomic E-state index is 0.502. The molecule has 0 bridgehead atoms. The standard InChI is InChI=1S/C18H23N/c1-3-13(2)17-9-6-10-18(17,12-17)15-11-19-16-8-5-4-7-14(15)16/h4-5,7-8,11,13,19H,3,6,9-10,12H2,1-2H3. The first kappa shape index (κ1) is 11.6. The molecular weight excluding hydrogens is 230 g/mol. The van der Waals surface area contributed by atoms with Gasteiger partial charge in [-0.3, -0.25) is 0 Å². The van der Waals surface area contributed by atoms with Crippen molar-refractivity contribution in [3.63, 3.8) is 0 Å². The van der Waals surface area contributed by atoms with Crippen LogP contribution in [0.4, 0.5) is 0 Å². The number of rotatable bonds is 3. The van der Waals surface area contributed by atoms with E-state index in [0.717, 1.165) is 5.92 Å². The summed E-state index contributed by atoms with van der Waals surface area (Å²) in [7, 11) is 0. The van der Waals surface area contributed by atoms with Crippen LogP contribution in [0.1, 0.15) is 51.5 Å². The number of para-hydroxylation sites is 1. The fourth-order valence-corrected chi connectivity index (χ4v) is 5.11. The van der Waals surface area contributed by atoms with Crippen molar-refractivity contribution in [1.82, 2.24) is 4.98 Å². The minimum atomic E-state index is 0.502. The Morgan fingerprint density at radius 2 is 2.11 bits per heavy atom. The molecule has 2 saturated carbocycles. The van der Waals surface area contributed by atoms with E-state index < -0.39 is 0 Å². The number of fused-ring (bicyclic) bond motifs is 2. The van der Waals surface area contributed by atoms with Gasteiger partial charge in [0.2, 0.25) is 0 Å². The lowest BCUT2D eigenvalue weighted by Crippen LogP contribution is -2.19. The van der Waals surface area contributed by atoms with Gasteiger partial charge in [-0.1, -0.05) is 44.9 Å². The Kier molecular flexibility index (Phi) is 2.23. The summed E-state index contributed by atoms with van der Waals surface area (Å²) in [5.41, 5.74) is 4.04. The van der Waals surface area contributed by atoms with Gasteiger partial charge < -0.3 is 4.98 Å². The van der Waals surface area contributed by atoms with Crippen LogP contribution in [0.15, 0.2) is 30.5 Å². The molecule has 1 N–H and O–H groups in total. The molecule has 19 heavy (non-hydrogen) atoms. The van der Waals surface area contributed by atoms with Crippen molar-refractivity contribution in [2.75, 3.05) is 0 Å². The van der Waals surface area contributed by atoms with Gasteiger partial charge in [-0.05, 0) is 42.2 Å². The molecule has 2 aliphatic carbocycles. The molecule has 4 rings (SSSR count). The lowest BCUT2D eigenvalue weighted by molar-refractivity contribution is 0.297. The fourth-order valence-electron chi connectivity index (χ4n) is 5.11. The largest absolute Gasteiger partial charge is 0.361 e. The summed E-state index contributed by atoms with van der Waals surface area (Å²) in [5, 5.41) is 1.47. The van der Waals surface area contributed by atoms with Gasteiger partial charge in [0.15, 0.2) is 0 Å². The maximum absolute atomic E-state index is 3.49. The summed E-state index contributed by atoms with van der Waals surface area (Å²) in [5.74, 6) is 0.865. The van der Waals surface area contributed by atoms with Crippen LogP contribution in [0.3, 0.4) is 0 Å². The number of hydrogen-bond acceptors (Lipinski definition) is 0. The molecule has 2 fully saturated rings. The summed E-state index contributed by atoms with van der Waals surface area (Å²) in [6.07, 6.45) is 9.33. The molecule has 1 heterocycles. The number of hydrogen-bond donors (Lipinski definition) is 1. The lowest BCUT2D eigenvalue weighted by atomic mass is 9.80. The van der Waals surface area contributed by atoms with Crippen LogP contribution in [0, 0.1) is 11.3 Å². The van der Waals surface area contributed by atoms with Crippen molar-refractivity contribution in [3.05, 3.63) is 36.0 Å². The zero-order chi connectivity index (χ0) is 13.1. The minimum Gasteiger partial charge on any atom is -0.361 e. The average Bonchev–Trinajstić information content (AvgIpc) is 2.79. The lowest BCUT2D eigenvalue weighted by Gasteiger charge is -2.24. The molecule has 1 nitrogen and oxygen atoms in total. The number of H-pyrrole nitrogens is 1. The fraction of sp³-hybridized carbons (Fsp3) is 0.556. The van der Waals surface area contributed by atoms with Crippen molar-refractivity contribution in [1.29, 1.82) is 0 Å². The van der Waals surface area contributed by atoms with Gasteiger partial charge in [-0.15, -0.1) is 0 Å². The number of aromatic amines is 1. The van der Waals surface area contributed by atoms with Crippen molar-refractivity contribution in [2.45, 2.75) is 51.4 Å². The van der Waals surface area contributed by atoms with Crippen LogP contribution < -0.4 is 0 Å². The molecule has 1 aromatic heterocycles. The van der Waals surface area contributed by atoms with Gasteiger partial charge in [0.1, 0.15) is 0 Å². The Hall–Kier alpha value is -1.24. The van der Waals surface area contributed by atoms with Gasteiger partial charge >= 0.3 is 0 Å². The second-order valence-electron chi connectivity index (χ2n) is 6.83. The van der Waals surface area contributed by atoms with E-state index in [-0.39, 0.29) is 0 Å². The molecule has 0 aliphatic heterocycles. The van der Waals surface area contributed by atoms with E-state index in [0.29, 0.717) is 10.8 Å². The predicted molar refractivity (Wildman–Crippen MR) is 80.3 cm³/mol. The first-order valence-electron chi connectivity index (χ1n) is 7.80. The molecule has 3 unspecified atom stereocenters. The molecule has 100 valence electrons. The normalized spacial score (nSPS) is 34.4. The molecular formula is C18H23N. The van der Waals surface area contributed by atoms with E-state index >= 15 is 0 Å². The summed E-state index contributed by atoms with van der Waals surface area (Å²) >= 11 is 0. The SMILES string of the molecule is CCC(C)C12CCCC1(c1c[nH]c3ccccc13)C2. The number of benzene rings is 1. The zero-order valence-corrected chi connectivity index (χ0v) is 12.0. The second kappa shape index (κ2) is 3.65. The highest BCUT2D eigenvalue weighted by Gasteiger charge is 2.71. The van der Waals surface area contributed by atoms with Crippen molar-refractivity contribution in [2.24, 2.45) is 11.3 Å². The summed E-state index contributed by atoms with van der Waals surface area (Å²) < 4.78 is 0. The number of nitrogens with one attached hydrogen (secondary N) is 1. The Bertz CT molecular complexity index is 625. The summed E-state index contributed by atoms with van der Waals surface area (Å²) in [6, 6.07) is 8.81. The Morgan fingerprint density at radius 3 is 2.95 bits per heavy atom. The van der Waals surface area contributed by atoms with E-state index in [1.54, 1.807) is 5.56 Å². The molecule has 0 saturated heterocycles. The van der Waals surface area contributed by atoms with E-state index in [9.17, 15) is 0 Å². The van der Waals surface area contributed by atoms with Crippen LogP contribution in [0.5, 0.6) is 0 Å². The number of aromatic nitrogens is 1. The zero-order valence-electron chi connectivity index (χ0n) is 12.0. The van der Waals surface area contributed by atoms with E-state index in [1.165, 1.54) is 43.0 Å². The van der Waals surface area contributed by atoms with Crippen molar-refractivity contribution in [3.8, 4) is 0 Å². The third-order valence-electron chi connectivity index (χ3n) is 6.33. The predicted octanol–water partition coefficient (Wildman–Crippen LogP) is 5.03.